The van der Waals surface area contributed by atoms with E-state index >= 15 is 0 Å². The molecule has 1 heterocycles. The normalized spacial score (nSPS) is 11.1. The number of rotatable bonds is 3. The topological polar surface area (TPSA) is 15.8 Å². The summed E-state index contributed by atoms with van der Waals surface area (Å²) in [6.45, 7) is 2.09. The molecule has 1 aromatic heterocycles. The van der Waals surface area contributed by atoms with Crippen molar-refractivity contribution in [2.24, 2.45) is 0 Å². The molecule has 3 heteroatoms. The summed E-state index contributed by atoms with van der Waals surface area (Å²) >= 11 is 1.79. The van der Waals surface area contributed by atoms with Gasteiger partial charge in [0, 0.05) is 27.2 Å². The van der Waals surface area contributed by atoms with Gasteiger partial charge in [-0.25, -0.2) is 4.39 Å². The fraction of sp³-hybridized carbons (Fsp3) is 0.125. The molecule has 19 heavy (non-hydrogen) atoms. The van der Waals surface area contributed by atoms with Gasteiger partial charge in [-0.3, -0.25) is 0 Å². The lowest BCUT2D eigenvalue weighted by Crippen LogP contribution is -1.82. The Labute approximate surface area is 115 Å². The van der Waals surface area contributed by atoms with Crippen LogP contribution in [0.5, 0.6) is 0 Å². The van der Waals surface area contributed by atoms with E-state index in [1.165, 1.54) is 33.6 Å². The maximum Gasteiger partial charge on any atom is 0.123 e. The van der Waals surface area contributed by atoms with Crippen LogP contribution in [-0.2, 0) is 5.75 Å². The number of halogens is 1. The summed E-state index contributed by atoms with van der Waals surface area (Å²) in [5.41, 5.74) is 3.49. The molecule has 0 fully saturated rings. The van der Waals surface area contributed by atoms with Crippen molar-refractivity contribution in [1.29, 1.82) is 0 Å². The zero-order valence-electron chi connectivity index (χ0n) is 10.6. The van der Waals surface area contributed by atoms with Crippen LogP contribution in [-0.4, -0.2) is 4.98 Å². The lowest BCUT2D eigenvalue weighted by atomic mass is 10.2. The molecule has 2 aromatic carbocycles. The van der Waals surface area contributed by atoms with Crippen LogP contribution in [0.2, 0.25) is 0 Å². The summed E-state index contributed by atoms with van der Waals surface area (Å²) < 4.78 is 12.9. The molecule has 0 aliphatic rings. The Kier molecular flexibility index (Phi) is 3.30. The smallest absolute Gasteiger partial charge is 0.123 e. The molecule has 0 amide bonds. The van der Waals surface area contributed by atoms with Crippen LogP contribution in [0.15, 0.2) is 53.4 Å². The Morgan fingerprint density at radius 3 is 2.58 bits per heavy atom. The second kappa shape index (κ2) is 5.10. The number of hydrogen-bond acceptors (Lipinski definition) is 1. The van der Waals surface area contributed by atoms with E-state index in [1.54, 1.807) is 11.8 Å². The summed E-state index contributed by atoms with van der Waals surface area (Å²) in [4.78, 5) is 4.67. The lowest BCUT2D eigenvalue weighted by molar-refractivity contribution is 0.627. The van der Waals surface area contributed by atoms with E-state index in [1.807, 2.05) is 18.2 Å². The Bertz CT molecular complexity index is 700. The van der Waals surface area contributed by atoms with Crippen molar-refractivity contribution < 1.29 is 4.39 Å². The molecule has 0 radical (unpaired) electrons. The molecular weight excluding hydrogens is 257 g/mol. The predicted molar refractivity (Wildman–Crippen MR) is 79.0 cm³/mol. The van der Waals surface area contributed by atoms with Crippen LogP contribution in [0.3, 0.4) is 0 Å². The van der Waals surface area contributed by atoms with Gasteiger partial charge in [0.1, 0.15) is 5.82 Å². The van der Waals surface area contributed by atoms with Gasteiger partial charge in [0.15, 0.2) is 0 Å². The minimum atomic E-state index is -0.183. The van der Waals surface area contributed by atoms with Crippen molar-refractivity contribution in [1.82, 2.24) is 4.98 Å². The van der Waals surface area contributed by atoms with Gasteiger partial charge in [-0.2, -0.15) is 0 Å². The van der Waals surface area contributed by atoms with E-state index in [0.717, 1.165) is 11.3 Å². The maximum absolute atomic E-state index is 12.9. The summed E-state index contributed by atoms with van der Waals surface area (Å²) in [5, 5.41) is 1.26. The van der Waals surface area contributed by atoms with E-state index in [0.29, 0.717) is 0 Å². The van der Waals surface area contributed by atoms with Crippen molar-refractivity contribution in [2.75, 3.05) is 0 Å². The Morgan fingerprint density at radius 2 is 1.79 bits per heavy atom. The first-order valence-corrected chi connectivity index (χ1v) is 7.17. The molecule has 1 nitrogen and oxygen atoms in total. The van der Waals surface area contributed by atoms with Crippen molar-refractivity contribution in [2.45, 2.75) is 17.6 Å². The van der Waals surface area contributed by atoms with Gasteiger partial charge >= 0.3 is 0 Å². The molecule has 3 rings (SSSR count). The van der Waals surface area contributed by atoms with Crippen LogP contribution >= 0.6 is 11.8 Å². The van der Waals surface area contributed by atoms with Gasteiger partial charge in [0.05, 0.1) is 0 Å². The van der Waals surface area contributed by atoms with Gasteiger partial charge in [-0.1, -0.05) is 30.3 Å². The summed E-state index contributed by atoms with van der Waals surface area (Å²) in [5.74, 6) is 0.667. The molecule has 0 spiro atoms. The van der Waals surface area contributed by atoms with Crippen LogP contribution in [0.1, 0.15) is 11.3 Å². The quantitative estimate of drug-likeness (QED) is 0.669. The van der Waals surface area contributed by atoms with Crippen molar-refractivity contribution >= 4 is 22.7 Å². The Morgan fingerprint density at radius 1 is 1.05 bits per heavy atom. The van der Waals surface area contributed by atoms with Crippen molar-refractivity contribution in [3.8, 4) is 0 Å². The zero-order chi connectivity index (χ0) is 13.2. The number of hydrogen-bond donors (Lipinski definition) is 1. The molecule has 0 saturated carbocycles. The molecule has 0 unspecified atom stereocenters. The molecule has 0 bridgehead atoms. The third kappa shape index (κ3) is 2.51. The molecule has 0 aliphatic carbocycles. The number of nitrogens with one attached hydrogen (secondary N) is 1. The highest BCUT2D eigenvalue weighted by atomic mass is 32.2. The van der Waals surface area contributed by atoms with E-state index in [4.69, 9.17) is 0 Å². The summed E-state index contributed by atoms with van der Waals surface area (Å²) in [6.07, 6.45) is 0. The second-order valence-corrected chi connectivity index (χ2v) is 5.53. The minimum absolute atomic E-state index is 0.183. The first-order valence-electron chi connectivity index (χ1n) is 6.18. The highest BCUT2D eigenvalue weighted by molar-refractivity contribution is 7.98. The average Bonchev–Trinajstić information content (AvgIpc) is 2.74. The average molecular weight is 271 g/mol. The maximum atomic E-state index is 12.9. The second-order valence-electron chi connectivity index (χ2n) is 4.54. The number of fused-ring (bicyclic) bond motifs is 1. The largest absolute Gasteiger partial charge is 0.358 e. The van der Waals surface area contributed by atoms with Crippen LogP contribution in [0.4, 0.5) is 4.39 Å². The third-order valence-electron chi connectivity index (χ3n) is 3.13. The number of benzene rings is 2. The summed E-state index contributed by atoms with van der Waals surface area (Å²) in [6, 6.07) is 15.0. The van der Waals surface area contributed by atoms with E-state index in [2.05, 4.69) is 30.1 Å². The molecule has 0 aliphatic heterocycles. The highest BCUT2D eigenvalue weighted by Crippen LogP contribution is 2.33. The van der Waals surface area contributed by atoms with Crippen molar-refractivity contribution in [3.05, 3.63) is 65.6 Å². The van der Waals surface area contributed by atoms with E-state index in [9.17, 15) is 4.39 Å². The van der Waals surface area contributed by atoms with Crippen LogP contribution < -0.4 is 0 Å². The molecule has 96 valence electrons. The summed E-state index contributed by atoms with van der Waals surface area (Å²) in [7, 11) is 0. The highest BCUT2D eigenvalue weighted by Gasteiger charge is 2.08. The van der Waals surface area contributed by atoms with Crippen molar-refractivity contribution in [3.63, 3.8) is 0 Å². The molecule has 1 N–H and O–H groups in total. The molecule has 0 saturated heterocycles. The number of para-hydroxylation sites is 1. The monoisotopic (exact) mass is 271 g/mol. The van der Waals surface area contributed by atoms with Gasteiger partial charge in [-0.05, 0) is 30.7 Å². The van der Waals surface area contributed by atoms with Crippen LogP contribution in [0.25, 0.3) is 10.9 Å². The standard InChI is InChI=1S/C16H14FNS/c1-11-16(14-4-2-3-5-15(14)18-11)19-10-12-6-8-13(17)9-7-12/h2-9,18H,10H2,1H3. The molecular formula is C16H14FNS. The Balaban J connectivity index is 1.85. The first kappa shape index (κ1) is 12.3. The number of aryl methyl sites for hydroxylation is 1. The molecule has 3 aromatic rings. The fourth-order valence-corrected chi connectivity index (χ4v) is 3.28. The zero-order valence-corrected chi connectivity index (χ0v) is 11.4. The third-order valence-corrected chi connectivity index (χ3v) is 4.42. The minimum Gasteiger partial charge on any atom is -0.358 e. The number of thioether (sulfide) groups is 1. The van der Waals surface area contributed by atoms with Gasteiger partial charge < -0.3 is 4.98 Å². The number of H-pyrrole nitrogens is 1. The van der Waals surface area contributed by atoms with E-state index < -0.39 is 0 Å². The SMILES string of the molecule is Cc1[nH]c2ccccc2c1SCc1ccc(F)cc1. The van der Waals surface area contributed by atoms with Gasteiger partial charge in [0.2, 0.25) is 0 Å². The molecule has 0 atom stereocenters. The number of aromatic nitrogens is 1. The first-order chi connectivity index (χ1) is 9.24. The van der Waals surface area contributed by atoms with Gasteiger partial charge in [0.25, 0.3) is 0 Å². The number of aromatic amines is 1. The fourth-order valence-electron chi connectivity index (χ4n) is 2.17. The van der Waals surface area contributed by atoms with Crippen LogP contribution in [0, 0.1) is 12.7 Å². The lowest BCUT2D eigenvalue weighted by Gasteiger charge is -2.02. The van der Waals surface area contributed by atoms with Gasteiger partial charge in [-0.15, -0.1) is 11.8 Å². The Hall–Kier alpha value is -1.74. The van der Waals surface area contributed by atoms with E-state index in [-0.39, 0.29) is 5.82 Å². The predicted octanol–water partition coefficient (Wildman–Crippen LogP) is 4.91.